The summed E-state index contributed by atoms with van der Waals surface area (Å²) < 4.78 is 11.3. The molecule has 1 aliphatic heterocycles. The predicted molar refractivity (Wildman–Crippen MR) is 281 cm³/mol. The van der Waals surface area contributed by atoms with Gasteiger partial charge in [-0.05, 0) is 38.5 Å². The Kier molecular flexibility index (Phi) is 46.3. The highest BCUT2D eigenvalue weighted by atomic mass is 16.7. The normalized spacial score (nSPS) is 19.7. The van der Waals surface area contributed by atoms with Crippen molar-refractivity contribution in [2.45, 2.75) is 339 Å². The van der Waals surface area contributed by atoms with Gasteiger partial charge in [0, 0.05) is 6.42 Å². The highest BCUT2D eigenvalue weighted by Crippen LogP contribution is 2.23. The number of ether oxygens (including phenoxy) is 2. The molecule has 1 saturated heterocycles. The van der Waals surface area contributed by atoms with Crippen molar-refractivity contribution < 1.29 is 39.8 Å². The van der Waals surface area contributed by atoms with Crippen LogP contribution in [0, 0.1) is 0 Å². The Hall–Kier alpha value is -1.07. The van der Waals surface area contributed by atoms with Gasteiger partial charge in [0.15, 0.2) is 6.29 Å². The van der Waals surface area contributed by atoms with Crippen LogP contribution in [0.3, 0.4) is 0 Å². The molecule has 1 aliphatic rings. The number of hydrogen-bond acceptors (Lipinski definition) is 8. The van der Waals surface area contributed by atoms with Crippen LogP contribution < -0.4 is 5.32 Å². The van der Waals surface area contributed by atoms with Crippen molar-refractivity contribution in [2.75, 3.05) is 13.2 Å². The molecule has 1 rings (SSSR count). The molecule has 398 valence electrons. The van der Waals surface area contributed by atoms with Gasteiger partial charge in [-0.15, -0.1) is 0 Å². The number of carbonyl (C=O) groups is 1. The van der Waals surface area contributed by atoms with Gasteiger partial charge in [-0.25, -0.2) is 0 Å². The van der Waals surface area contributed by atoms with Gasteiger partial charge >= 0.3 is 0 Å². The second-order valence-corrected chi connectivity index (χ2v) is 20.8. The molecule has 0 bridgehead atoms. The van der Waals surface area contributed by atoms with E-state index in [9.17, 15) is 30.3 Å². The van der Waals surface area contributed by atoms with Crippen LogP contribution >= 0.6 is 0 Å². The molecule has 9 heteroatoms. The van der Waals surface area contributed by atoms with Gasteiger partial charge in [0.05, 0.1) is 25.4 Å². The van der Waals surface area contributed by atoms with Crippen molar-refractivity contribution in [3.8, 4) is 0 Å². The SMILES string of the molecule is CCCCCCCCCC/C=C\CCCCCCCCCC(=O)NC(COC1OC(CO)C(O)C(O)C1O)C(O)CCCCCCCCCCCCCCCCCCCCCCCCCCC. The molecule has 1 amide bonds. The van der Waals surface area contributed by atoms with Crippen molar-refractivity contribution in [3.05, 3.63) is 12.2 Å². The zero-order chi connectivity index (χ0) is 48.7. The highest BCUT2D eigenvalue weighted by molar-refractivity contribution is 5.76. The first-order chi connectivity index (χ1) is 32.8. The number of allylic oxidation sites excluding steroid dienone is 2. The summed E-state index contributed by atoms with van der Waals surface area (Å²) in [5.41, 5.74) is 0. The number of rotatable bonds is 51. The molecule has 0 saturated carbocycles. The molecule has 7 unspecified atom stereocenters. The molecule has 9 nitrogen and oxygen atoms in total. The minimum Gasteiger partial charge on any atom is -0.394 e. The van der Waals surface area contributed by atoms with Crippen LogP contribution in [0.5, 0.6) is 0 Å². The fourth-order valence-corrected chi connectivity index (χ4v) is 9.69. The molecule has 1 fully saturated rings. The van der Waals surface area contributed by atoms with Gasteiger partial charge in [0.1, 0.15) is 24.4 Å². The summed E-state index contributed by atoms with van der Waals surface area (Å²) in [4.78, 5) is 13.1. The maximum Gasteiger partial charge on any atom is 0.220 e. The van der Waals surface area contributed by atoms with Gasteiger partial charge in [-0.3, -0.25) is 4.79 Å². The first-order valence-electron chi connectivity index (χ1n) is 29.4. The van der Waals surface area contributed by atoms with E-state index in [0.29, 0.717) is 12.8 Å². The Balaban J connectivity index is 2.19. The third-order valence-corrected chi connectivity index (χ3v) is 14.4. The molecule has 0 aromatic carbocycles. The number of hydrogen-bond donors (Lipinski definition) is 6. The Labute approximate surface area is 414 Å². The van der Waals surface area contributed by atoms with E-state index in [2.05, 4.69) is 31.3 Å². The highest BCUT2D eigenvalue weighted by Gasteiger charge is 2.44. The third kappa shape index (κ3) is 38.3. The van der Waals surface area contributed by atoms with E-state index in [0.717, 1.165) is 38.5 Å². The lowest BCUT2D eigenvalue weighted by Crippen LogP contribution is -2.60. The molecule has 7 atom stereocenters. The number of aliphatic hydroxyl groups is 5. The molecule has 0 radical (unpaired) electrons. The Morgan fingerprint density at radius 1 is 0.493 bits per heavy atom. The van der Waals surface area contributed by atoms with E-state index in [1.165, 1.54) is 231 Å². The van der Waals surface area contributed by atoms with Crippen LogP contribution in [0.2, 0.25) is 0 Å². The number of carbonyl (C=O) groups excluding carboxylic acids is 1. The van der Waals surface area contributed by atoms with Crippen molar-refractivity contribution in [1.82, 2.24) is 5.32 Å². The second kappa shape index (κ2) is 48.6. The van der Waals surface area contributed by atoms with Crippen molar-refractivity contribution >= 4 is 5.91 Å². The second-order valence-electron chi connectivity index (χ2n) is 20.8. The minimum atomic E-state index is -1.55. The van der Waals surface area contributed by atoms with Crippen molar-refractivity contribution in [1.29, 1.82) is 0 Å². The quantitative estimate of drug-likeness (QED) is 0.0261. The summed E-state index contributed by atoms with van der Waals surface area (Å²) in [5.74, 6) is -0.143. The molecule has 6 N–H and O–H groups in total. The molecule has 0 aromatic rings. The largest absolute Gasteiger partial charge is 0.394 e. The summed E-state index contributed by atoms with van der Waals surface area (Å²) >= 11 is 0. The number of nitrogens with one attached hydrogen (secondary N) is 1. The van der Waals surface area contributed by atoms with Gasteiger partial charge in [-0.1, -0.05) is 264 Å². The van der Waals surface area contributed by atoms with Crippen LogP contribution in [0.1, 0.15) is 296 Å². The zero-order valence-electron chi connectivity index (χ0n) is 44.2. The van der Waals surface area contributed by atoms with E-state index < -0.39 is 49.5 Å². The standard InChI is InChI=1S/C58H113NO8/c1-3-5-7-9-11-13-15-17-19-21-23-24-25-26-27-28-30-31-33-35-37-39-41-43-45-47-52(61)51(50-66-58-57(65)56(64)55(63)53(49-60)67-58)59-54(62)48-46-44-42-40-38-36-34-32-29-22-20-18-16-14-12-10-8-6-4-2/h22,29,51-53,55-58,60-61,63-65H,3-21,23-28,30-50H2,1-2H3,(H,59,62)/b29-22-. The monoisotopic (exact) mass is 952 g/mol. The van der Waals surface area contributed by atoms with E-state index in [1.54, 1.807) is 0 Å². The van der Waals surface area contributed by atoms with Crippen LogP contribution in [0.15, 0.2) is 12.2 Å². The Bertz CT molecular complexity index is 1060. The number of aliphatic hydroxyl groups excluding tert-OH is 5. The van der Waals surface area contributed by atoms with Crippen LogP contribution in [-0.4, -0.2) is 87.5 Å². The smallest absolute Gasteiger partial charge is 0.220 e. The number of amides is 1. The van der Waals surface area contributed by atoms with Gasteiger partial charge in [0.2, 0.25) is 5.91 Å². The van der Waals surface area contributed by atoms with Crippen molar-refractivity contribution in [2.24, 2.45) is 0 Å². The fraction of sp³-hybridized carbons (Fsp3) is 0.948. The van der Waals surface area contributed by atoms with Gasteiger partial charge in [-0.2, -0.15) is 0 Å². The summed E-state index contributed by atoms with van der Waals surface area (Å²) in [7, 11) is 0. The summed E-state index contributed by atoms with van der Waals surface area (Å²) in [6.45, 7) is 3.87. The minimum absolute atomic E-state index is 0.135. The van der Waals surface area contributed by atoms with Crippen molar-refractivity contribution in [3.63, 3.8) is 0 Å². The third-order valence-electron chi connectivity index (χ3n) is 14.4. The average molecular weight is 953 g/mol. The van der Waals surface area contributed by atoms with Crippen LogP contribution in [-0.2, 0) is 14.3 Å². The van der Waals surface area contributed by atoms with E-state index >= 15 is 0 Å². The first-order valence-corrected chi connectivity index (χ1v) is 29.4. The molecular formula is C58H113NO8. The van der Waals surface area contributed by atoms with Crippen LogP contribution in [0.25, 0.3) is 0 Å². The lowest BCUT2D eigenvalue weighted by atomic mass is 9.99. The van der Waals surface area contributed by atoms with E-state index in [1.807, 2.05) is 0 Å². The van der Waals surface area contributed by atoms with E-state index in [-0.39, 0.29) is 12.5 Å². The molecule has 67 heavy (non-hydrogen) atoms. The molecule has 1 heterocycles. The lowest BCUT2D eigenvalue weighted by Gasteiger charge is -2.40. The summed E-state index contributed by atoms with van der Waals surface area (Å²) in [6.07, 6.45) is 52.4. The van der Waals surface area contributed by atoms with Gasteiger partial charge < -0.3 is 40.3 Å². The Morgan fingerprint density at radius 2 is 0.836 bits per heavy atom. The first kappa shape index (κ1) is 63.9. The fourth-order valence-electron chi connectivity index (χ4n) is 9.69. The zero-order valence-corrected chi connectivity index (χ0v) is 44.2. The van der Waals surface area contributed by atoms with Crippen LogP contribution in [0.4, 0.5) is 0 Å². The lowest BCUT2D eigenvalue weighted by molar-refractivity contribution is -0.302. The molecule has 0 aromatic heterocycles. The maximum absolute atomic E-state index is 13.1. The maximum atomic E-state index is 13.1. The predicted octanol–water partition coefficient (Wildman–Crippen LogP) is 14.4. The Morgan fingerprint density at radius 3 is 1.21 bits per heavy atom. The van der Waals surface area contributed by atoms with Gasteiger partial charge in [0.25, 0.3) is 0 Å². The molecular weight excluding hydrogens is 839 g/mol. The number of unbranched alkanes of at least 4 members (excludes halogenated alkanes) is 39. The summed E-state index contributed by atoms with van der Waals surface area (Å²) in [5, 5.41) is 54.7. The topological polar surface area (TPSA) is 149 Å². The molecule has 0 spiro atoms. The summed E-state index contributed by atoms with van der Waals surface area (Å²) in [6, 6.07) is -0.719. The van der Waals surface area contributed by atoms with E-state index in [4.69, 9.17) is 9.47 Å². The average Bonchev–Trinajstić information content (AvgIpc) is 3.33. The molecule has 0 aliphatic carbocycles.